The van der Waals surface area contributed by atoms with Crippen LogP contribution in [0.1, 0.15) is 55.0 Å². The van der Waals surface area contributed by atoms with Crippen molar-refractivity contribution in [3.63, 3.8) is 0 Å². The fourth-order valence-corrected chi connectivity index (χ4v) is 1.60. The zero-order chi connectivity index (χ0) is 13.1. The molecule has 0 aliphatic heterocycles. The van der Waals surface area contributed by atoms with Gasteiger partial charge in [-0.1, -0.05) is 40.9 Å². The van der Waals surface area contributed by atoms with Crippen molar-refractivity contribution in [3.05, 3.63) is 28.7 Å². The van der Waals surface area contributed by atoms with Gasteiger partial charge in [0.05, 0.1) is 10.6 Å². The Labute approximate surface area is 103 Å². The minimum Gasteiger partial charge on any atom is -0.292 e. The molecule has 0 aliphatic carbocycles. The molecule has 0 saturated heterocycles. The van der Waals surface area contributed by atoms with Crippen LogP contribution in [0.15, 0.2) is 13.2 Å². The highest BCUT2D eigenvalue weighted by Crippen LogP contribution is 2.20. The van der Waals surface area contributed by atoms with E-state index < -0.39 is 0 Å². The normalized spacial score (nSPS) is 7.81. The number of Topliss-reactive ketones (excluding diaryl/α,β-unsaturated/α-hetero) is 1. The van der Waals surface area contributed by atoms with Gasteiger partial charge in [-0.25, -0.2) is 4.98 Å². The lowest BCUT2D eigenvalue weighted by Crippen LogP contribution is -1.89. The van der Waals surface area contributed by atoms with Crippen LogP contribution in [-0.2, 0) is 0 Å². The maximum atomic E-state index is 10.9. The van der Waals surface area contributed by atoms with Crippen molar-refractivity contribution in [2.75, 3.05) is 0 Å². The van der Waals surface area contributed by atoms with Crippen LogP contribution in [0.4, 0.5) is 0 Å². The molecule has 1 aromatic rings. The van der Waals surface area contributed by atoms with Gasteiger partial charge in [0, 0.05) is 6.92 Å². The molecule has 90 valence electrons. The Balaban J connectivity index is 0. The Hall–Kier alpha value is -1.22. The lowest BCUT2D eigenvalue weighted by atomic mass is 10.3. The molecule has 0 unspecified atom stereocenters. The molecule has 0 spiro atoms. The van der Waals surface area contributed by atoms with E-state index >= 15 is 0 Å². The Kier molecular flexibility index (Phi) is 11.1. The van der Waals surface area contributed by atoms with E-state index in [4.69, 9.17) is 0 Å². The second-order valence-electron chi connectivity index (χ2n) is 2.23. The van der Waals surface area contributed by atoms with Gasteiger partial charge in [0.2, 0.25) is 0 Å². The minimum absolute atomic E-state index is 0.0174. The van der Waals surface area contributed by atoms with E-state index in [1.165, 1.54) is 18.3 Å². The second kappa shape index (κ2) is 10.3. The van der Waals surface area contributed by atoms with Crippen molar-refractivity contribution in [2.45, 2.75) is 34.6 Å². The predicted molar refractivity (Wildman–Crippen MR) is 75.0 cm³/mol. The third-order valence-corrected chi connectivity index (χ3v) is 2.53. The van der Waals surface area contributed by atoms with Crippen LogP contribution in [0, 0.1) is 0 Å². The summed E-state index contributed by atoms with van der Waals surface area (Å²) in [6.07, 6.45) is 3.31. The number of rotatable bonds is 3. The SMILES string of the molecule is C=Cc1nc(C(C)=O)sc1C=C.CC.CC. The van der Waals surface area contributed by atoms with E-state index in [9.17, 15) is 4.79 Å². The molecule has 2 nitrogen and oxygen atoms in total. The summed E-state index contributed by atoms with van der Waals surface area (Å²) >= 11 is 1.34. The quantitative estimate of drug-likeness (QED) is 0.717. The van der Waals surface area contributed by atoms with Gasteiger partial charge in [0.25, 0.3) is 0 Å². The lowest BCUT2D eigenvalue weighted by molar-refractivity contribution is 0.101. The van der Waals surface area contributed by atoms with Gasteiger partial charge in [-0.15, -0.1) is 11.3 Å². The lowest BCUT2D eigenvalue weighted by Gasteiger charge is -1.83. The van der Waals surface area contributed by atoms with Crippen molar-refractivity contribution >= 4 is 29.3 Å². The number of carbonyl (C=O) groups is 1. The molecule has 0 aromatic carbocycles. The van der Waals surface area contributed by atoms with Crippen molar-refractivity contribution < 1.29 is 4.79 Å². The zero-order valence-electron chi connectivity index (χ0n) is 10.8. The highest BCUT2D eigenvalue weighted by molar-refractivity contribution is 7.14. The Morgan fingerprint density at radius 1 is 1.19 bits per heavy atom. The molecular weight excluding hydrogens is 218 g/mol. The fraction of sp³-hybridized carbons (Fsp3) is 0.385. The minimum atomic E-state index is -0.0174. The molecule has 1 heterocycles. The van der Waals surface area contributed by atoms with E-state index in [0.29, 0.717) is 5.01 Å². The molecule has 0 fully saturated rings. The van der Waals surface area contributed by atoms with E-state index in [2.05, 4.69) is 18.1 Å². The largest absolute Gasteiger partial charge is 0.292 e. The molecule has 0 radical (unpaired) electrons. The number of ketones is 1. The first-order valence-electron chi connectivity index (χ1n) is 5.45. The van der Waals surface area contributed by atoms with Crippen LogP contribution in [0.25, 0.3) is 12.2 Å². The average molecular weight is 239 g/mol. The highest BCUT2D eigenvalue weighted by Gasteiger charge is 2.08. The van der Waals surface area contributed by atoms with Crippen LogP contribution in [0.5, 0.6) is 0 Å². The van der Waals surface area contributed by atoms with E-state index in [-0.39, 0.29) is 5.78 Å². The first kappa shape index (κ1) is 17.2. The topological polar surface area (TPSA) is 30.0 Å². The Bertz CT molecular complexity index is 314. The van der Waals surface area contributed by atoms with Crippen LogP contribution >= 0.6 is 11.3 Å². The maximum absolute atomic E-state index is 10.9. The Morgan fingerprint density at radius 3 is 1.94 bits per heavy atom. The van der Waals surface area contributed by atoms with Gasteiger partial charge in [0.15, 0.2) is 10.8 Å². The van der Waals surface area contributed by atoms with Crippen molar-refractivity contribution in [2.24, 2.45) is 0 Å². The molecular formula is C13H21NOS. The zero-order valence-corrected chi connectivity index (χ0v) is 11.6. The number of carbonyl (C=O) groups excluding carboxylic acids is 1. The van der Waals surface area contributed by atoms with Gasteiger partial charge in [-0.05, 0) is 12.2 Å². The number of nitrogens with zero attached hydrogens (tertiary/aromatic N) is 1. The van der Waals surface area contributed by atoms with Crippen molar-refractivity contribution in [3.8, 4) is 0 Å². The highest BCUT2D eigenvalue weighted by atomic mass is 32.1. The molecule has 0 bridgehead atoms. The monoisotopic (exact) mass is 239 g/mol. The summed E-state index contributed by atoms with van der Waals surface area (Å²) in [5.41, 5.74) is 0.736. The molecule has 1 rings (SSSR count). The molecule has 1 aromatic heterocycles. The molecule has 0 N–H and O–H groups in total. The summed E-state index contributed by atoms with van der Waals surface area (Å²) in [6.45, 7) is 16.7. The van der Waals surface area contributed by atoms with Gasteiger partial charge in [-0.3, -0.25) is 4.79 Å². The van der Waals surface area contributed by atoms with Gasteiger partial charge >= 0.3 is 0 Å². The van der Waals surface area contributed by atoms with E-state index in [0.717, 1.165) is 10.6 Å². The molecule has 0 atom stereocenters. The predicted octanol–water partition coefficient (Wildman–Crippen LogP) is 4.68. The van der Waals surface area contributed by atoms with Crippen LogP contribution in [0.3, 0.4) is 0 Å². The summed E-state index contributed by atoms with van der Waals surface area (Å²) in [4.78, 5) is 15.9. The summed E-state index contributed by atoms with van der Waals surface area (Å²) in [5, 5.41) is 0.514. The average Bonchev–Trinajstić information content (AvgIpc) is 2.77. The fourth-order valence-electron chi connectivity index (χ4n) is 0.787. The van der Waals surface area contributed by atoms with Gasteiger partial charge in [0.1, 0.15) is 0 Å². The second-order valence-corrected chi connectivity index (χ2v) is 3.26. The first-order chi connectivity index (χ1) is 7.69. The molecule has 3 heteroatoms. The van der Waals surface area contributed by atoms with E-state index in [1.54, 1.807) is 12.2 Å². The maximum Gasteiger partial charge on any atom is 0.188 e. The summed E-state index contributed by atoms with van der Waals surface area (Å²) in [7, 11) is 0. The molecule has 0 amide bonds. The van der Waals surface area contributed by atoms with Gasteiger partial charge in [-0.2, -0.15) is 0 Å². The first-order valence-corrected chi connectivity index (χ1v) is 6.27. The van der Waals surface area contributed by atoms with E-state index in [1.807, 2.05) is 27.7 Å². The van der Waals surface area contributed by atoms with Crippen LogP contribution in [-0.4, -0.2) is 10.8 Å². The number of thiazole rings is 1. The van der Waals surface area contributed by atoms with Gasteiger partial charge < -0.3 is 0 Å². The van der Waals surface area contributed by atoms with Crippen LogP contribution in [0.2, 0.25) is 0 Å². The van der Waals surface area contributed by atoms with Crippen molar-refractivity contribution in [1.29, 1.82) is 0 Å². The number of aromatic nitrogens is 1. The Morgan fingerprint density at radius 2 is 1.69 bits per heavy atom. The molecule has 16 heavy (non-hydrogen) atoms. The molecule has 0 aliphatic rings. The van der Waals surface area contributed by atoms with Crippen LogP contribution < -0.4 is 0 Å². The summed E-state index contributed by atoms with van der Waals surface area (Å²) < 4.78 is 0. The standard InChI is InChI=1S/C9H9NOS.2C2H6/c1-4-7-8(5-2)12-9(10-7)6(3)11;2*1-2/h4-5H,1-2H2,3H3;2*1-2H3. The number of hydrogen-bond acceptors (Lipinski definition) is 3. The summed E-state index contributed by atoms with van der Waals surface area (Å²) in [6, 6.07) is 0. The molecule has 0 saturated carbocycles. The smallest absolute Gasteiger partial charge is 0.188 e. The summed E-state index contributed by atoms with van der Waals surface area (Å²) in [5.74, 6) is -0.0174. The number of hydrogen-bond donors (Lipinski definition) is 0. The van der Waals surface area contributed by atoms with Crippen molar-refractivity contribution in [1.82, 2.24) is 4.98 Å². The third-order valence-electron chi connectivity index (χ3n) is 1.36. The third kappa shape index (κ3) is 5.03.